The van der Waals surface area contributed by atoms with Gasteiger partial charge in [-0.15, -0.1) is 0 Å². The number of alkyl carbamates (subject to hydrolysis) is 1. The number of nitrogens with one attached hydrogen (secondary N) is 4. The van der Waals surface area contributed by atoms with Gasteiger partial charge in [-0.3, -0.25) is 9.59 Å². The van der Waals surface area contributed by atoms with E-state index in [1.807, 2.05) is 13.1 Å². The Hall–Kier alpha value is -4.34. The predicted octanol–water partition coefficient (Wildman–Crippen LogP) is 8.46. The van der Waals surface area contributed by atoms with Gasteiger partial charge in [-0.1, -0.05) is 83.1 Å². The molecule has 0 spiro atoms. The molecule has 4 N–H and O–H groups in total. The molecule has 3 fully saturated rings. The smallest absolute Gasteiger partial charge is 0.408 e. The third-order valence-corrected chi connectivity index (χ3v) is 12.4. The van der Waals surface area contributed by atoms with Crippen LogP contribution < -0.4 is 16.0 Å². The van der Waals surface area contributed by atoms with Gasteiger partial charge >= 0.3 is 6.09 Å². The topological polar surface area (TPSA) is 133 Å². The summed E-state index contributed by atoms with van der Waals surface area (Å²) in [5, 5.41) is 9.61. The normalized spacial score (nSPS) is 30.6. The molecule has 306 valence electrons. The lowest BCUT2D eigenvalue weighted by Gasteiger charge is -2.45. The van der Waals surface area contributed by atoms with Crippen LogP contribution in [-0.2, 0) is 19.1 Å². The van der Waals surface area contributed by atoms with E-state index in [0.29, 0.717) is 31.7 Å². The Balaban J connectivity index is 0.000000236. The van der Waals surface area contributed by atoms with Crippen LogP contribution in [0.1, 0.15) is 130 Å². The molecule has 1 aromatic rings. The number of hydrogen-bond acceptors (Lipinski definition) is 6. The molecule has 5 aliphatic rings. The van der Waals surface area contributed by atoms with Crippen molar-refractivity contribution < 1.29 is 23.9 Å². The second-order valence-corrected chi connectivity index (χ2v) is 16.6. The molecule has 3 heterocycles. The van der Waals surface area contributed by atoms with Gasteiger partial charge in [-0.2, -0.15) is 0 Å². The summed E-state index contributed by atoms with van der Waals surface area (Å²) in [6.45, 7) is 11.4. The highest BCUT2D eigenvalue weighted by Crippen LogP contribution is 2.39. The van der Waals surface area contributed by atoms with Gasteiger partial charge in [-0.25, -0.2) is 4.79 Å². The molecule has 0 bridgehead atoms. The maximum absolute atomic E-state index is 13.6. The van der Waals surface area contributed by atoms with Crippen molar-refractivity contribution in [2.45, 2.75) is 154 Å². The first kappa shape index (κ1) is 42.8. The zero-order valence-electron chi connectivity index (χ0n) is 34.5. The number of hydrogen-bond donors (Lipinski definition) is 4. The minimum atomic E-state index is -0.878. The van der Waals surface area contributed by atoms with Crippen LogP contribution in [0.3, 0.4) is 0 Å². The van der Waals surface area contributed by atoms with Crippen molar-refractivity contribution in [2.75, 3.05) is 6.54 Å². The van der Waals surface area contributed by atoms with Crippen LogP contribution in [0.4, 0.5) is 4.79 Å². The fourth-order valence-electron chi connectivity index (χ4n) is 8.73. The molecular weight excluding hydrogens is 703 g/mol. The van der Waals surface area contributed by atoms with Crippen LogP contribution in [-0.4, -0.2) is 70.4 Å². The third-order valence-electron chi connectivity index (χ3n) is 12.4. The molecule has 10 nitrogen and oxygen atoms in total. The average molecular weight is 770 g/mol. The van der Waals surface area contributed by atoms with Crippen molar-refractivity contribution in [2.24, 2.45) is 17.8 Å². The van der Waals surface area contributed by atoms with Crippen LogP contribution in [0.2, 0.25) is 0 Å². The molecule has 0 radical (unpaired) electrons. The van der Waals surface area contributed by atoms with Gasteiger partial charge in [0.05, 0.1) is 6.04 Å². The lowest BCUT2D eigenvalue weighted by molar-refractivity contribution is -0.142. The second kappa shape index (κ2) is 20.7. The highest BCUT2D eigenvalue weighted by atomic mass is 16.6. The number of allylic oxidation sites excluding steroid dienone is 6. The van der Waals surface area contributed by atoms with Crippen molar-refractivity contribution in [3.63, 3.8) is 0 Å². The zero-order valence-corrected chi connectivity index (χ0v) is 34.5. The number of ether oxygens (including phenoxy) is 1. The van der Waals surface area contributed by atoms with E-state index in [-0.39, 0.29) is 35.8 Å². The standard InChI is InChI=1S/C26H39N3O5.C20H28N2/c1-18-15-22-23(31)28-26(17-30)14-13-19(26)9-5-3-2-4-6-12-21(24(32)29(22)16-18)27-25(33)34-20-10-7-8-11-20;1-5-10-17-11-7-8-12-19(17)22-20(15(3)6-2)16(4)18-13-9-14-21-18/h5,9,17-22H,2-4,6-8,10-16H2,1H3,(H,27,33)(H,28,31);7-15,19,21-22H,5-6H2,1-4H3/b9-5-;17-10+,20-16+. The molecule has 2 aliphatic heterocycles. The first-order chi connectivity index (χ1) is 27.1. The molecule has 7 atom stereocenters. The molecule has 7 unspecified atom stereocenters. The number of rotatable bonds is 9. The van der Waals surface area contributed by atoms with E-state index in [1.165, 1.54) is 22.5 Å². The van der Waals surface area contributed by atoms with Crippen LogP contribution in [0.15, 0.2) is 72.1 Å². The molecule has 6 rings (SSSR count). The summed E-state index contributed by atoms with van der Waals surface area (Å²) in [7, 11) is 0. The summed E-state index contributed by atoms with van der Waals surface area (Å²) in [6.07, 6.45) is 29.6. The number of aldehydes is 1. The zero-order chi connectivity index (χ0) is 40.1. The Labute approximate surface area is 335 Å². The number of amides is 3. The van der Waals surface area contributed by atoms with E-state index < -0.39 is 23.7 Å². The number of aromatic nitrogens is 1. The fraction of sp³-hybridized carbons (Fsp3) is 0.609. The first-order valence-corrected chi connectivity index (χ1v) is 21.5. The Morgan fingerprint density at radius 3 is 2.52 bits per heavy atom. The van der Waals surface area contributed by atoms with Gasteiger partial charge in [-0.05, 0) is 119 Å². The molecular formula is C46H67N5O5. The van der Waals surface area contributed by atoms with Gasteiger partial charge in [0.2, 0.25) is 11.8 Å². The number of carbonyl (C=O) groups excluding carboxylic acids is 4. The van der Waals surface area contributed by atoms with E-state index in [0.717, 1.165) is 76.9 Å². The van der Waals surface area contributed by atoms with Gasteiger partial charge in [0.25, 0.3) is 0 Å². The molecule has 10 heteroatoms. The molecule has 0 aromatic carbocycles. The van der Waals surface area contributed by atoms with Crippen molar-refractivity contribution in [1.82, 2.24) is 25.8 Å². The van der Waals surface area contributed by atoms with Crippen molar-refractivity contribution in [1.29, 1.82) is 0 Å². The van der Waals surface area contributed by atoms with Crippen LogP contribution in [0.25, 0.3) is 5.57 Å². The molecule has 56 heavy (non-hydrogen) atoms. The summed E-state index contributed by atoms with van der Waals surface area (Å²) in [5.74, 6) is 0.164. The second-order valence-electron chi connectivity index (χ2n) is 16.6. The Bertz CT molecular complexity index is 1640. The maximum atomic E-state index is 13.6. The van der Waals surface area contributed by atoms with Crippen LogP contribution in [0.5, 0.6) is 0 Å². The fourth-order valence-corrected chi connectivity index (χ4v) is 8.73. The molecule has 3 amide bonds. The summed E-state index contributed by atoms with van der Waals surface area (Å²) in [4.78, 5) is 56.5. The van der Waals surface area contributed by atoms with E-state index in [9.17, 15) is 19.2 Å². The van der Waals surface area contributed by atoms with Crippen LogP contribution in [0, 0.1) is 17.8 Å². The minimum absolute atomic E-state index is 0.00169. The Morgan fingerprint density at radius 1 is 1.05 bits per heavy atom. The largest absolute Gasteiger partial charge is 0.446 e. The van der Waals surface area contributed by atoms with Gasteiger partial charge in [0.1, 0.15) is 30.0 Å². The molecule has 1 aromatic heterocycles. The number of H-pyrrole nitrogens is 1. The Kier molecular flexibility index (Phi) is 15.8. The molecule has 1 saturated heterocycles. The van der Waals surface area contributed by atoms with Crippen molar-refractivity contribution in [3.05, 3.63) is 77.8 Å². The van der Waals surface area contributed by atoms with E-state index in [1.54, 1.807) is 4.90 Å². The summed E-state index contributed by atoms with van der Waals surface area (Å²) in [5.41, 5.74) is 4.30. The first-order valence-electron chi connectivity index (χ1n) is 21.5. The number of fused-ring (bicyclic) bond motifs is 2. The highest BCUT2D eigenvalue weighted by Gasteiger charge is 2.49. The van der Waals surface area contributed by atoms with Gasteiger partial charge in [0.15, 0.2) is 0 Å². The average Bonchev–Trinajstić information content (AvgIpc) is 3.99. The summed E-state index contributed by atoms with van der Waals surface area (Å²) >= 11 is 0. The number of carbonyl (C=O) groups is 4. The monoisotopic (exact) mass is 770 g/mol. The van der Waals surface area contributed by atoms with Crippen molar-refractivity contribution >= 4 is 29.8 Å². The minimum Gasteiger partial charge on any atom is -0.446 e. The predicted molar refractivity (Wildman–Crippen MR) is 223 cm³/mol. The quantitative estimate of drug-likeness (QED) is 0.147. The van der Waals surface area contributed by atoms with Crippen molar-refractivity contribution in [3.8, 4) is 0 Å². The van der Waals surface area contributed by atoms with E-state index in [2.05, 4.69) is 103 Å². The van der Waals surface area contributed by atoms with E-state index >= 15 is 0 Å². The van der Waals surface area contributed by atoms with Crippen LogP contribution >= 0.6 is 0 Å². The van der Waals surface area contributed by atoms with Gasteiger partial charge in [0, 0.05) is 30.1 Å². The van der Waals surface area contributed by atoms with Gasteiger partial charge < -0.3 is 35.4 Å². The SMILES string of the molecule is CC/C=C1\C=CC=CC1N/C(=C(\C)c1ccc[nH]1)C(C)CC.CC1CC2C(=O)NC3(C=O)CCC3/C=C\CCCCCC(NC(=O)OC3CCCC3)C(=O)N2C1. The summed E-state index contributed by atoms with van der Waals surface area (Å²) < 4.78 is 5.55. The van der Waals surface area contributed by atoms with E-state index in [4.69, 9.17) is 4.74 Å². The number of nitrogens with zero attached hydrogens (tertiary/aromatic N) is 1. The third kappa shape index (κ3) is 10.9. The highest BCUT2D eigenvalue weighted by molar-refractivity contribution is 5.93. The lowest BCUT2D eigenvalue weighted by Crippen LogP contribution is -2.64. The molecule has 2 saturated carbocycles. The molecule has 3 aliphatic carbocycles. The lowest BCUT2D eigenvalue weighted by atomic mass is 9.67. The Morgan fingerprint density at radius 2 is 1.84 bits per heavy atom. The summed E-state index contributed by atoms with van der Waals surface area (Å²) in [6, 6.07) is 3.10. The maximum Gasteiger partial charge on any atom is 0.408 e. The number of aromatic amines is 1.